The maximum atomic E-state index is 4.14. The van der Waals surface area contributed by atoms with Crippen molar-refractivity contribution in [2.24, 2.45) is 5.92 Å². The number of aromatic nitrogens is 2. The standard InChI is InChI=1S/C19H25N3/c1-17(12-18-6-3-2-4-7-18)13-21-10-5-8-19(14-21)15-22-11-9-20-16-22/h2-4,6-7,9,11-12,16,19H,5,8,10,13-15H2,1H3/b17-12+/t19-/m0/s1. The Morgan fingerprint density at radius 1 is 1.32 bits per heavy atom. The Morgan fingerprint density at radius 3 is 2.95 bits per heavy atom. The van der Waals surface area contributed by atoms with Crippen molar-refractivity contribution in [2.45, 2.75) is 26.3 Å². The molecule has 2 aromatic rings. The van der Waals surface area contributed by atoms with Gasteiger partial charge < -0.3 is 4.57 Å². The van der Waals surface area contributed by atoms with Crippen molar-refractivity contribution in [1.29, 1.82) is 0 Å². The summed E-state index contributed by atoms with van der Waals surface area (Å²) in [5.41, 5.74) is 2.74. The molecule has 0 radical (unpaired) electrons. The maximum Gasteiger partial charge on any atom is 0.0946 e. The summed E-state index contributed by atoms with van der Waals surface area (Å²) in [7, 11) is 0. The van der Waals surface area contributed by atoms with Gasteiger partial charge in [0.1, 0.15) is 0 Å². The molecule has 1 fully saturated rings. The first-order valence-electron chi connectivity index (χ1n) is 8.20. The highest BCUT2D eigenvalue weighted by Crippen LogP contribution is 2.19. The average molecular weight is 295 g/mol. The fraction of sp³-hybridized carbons (Fsp3) is 0.421. The third kappa shape index (κ3) is 4.31. The van der Waals surface area contributed by atoms with E-state index in [1.165, 1.54) is 37.1 Å². The Balaban J connectivity index is 1.54. The van der Waals surface area contributed by atoms with Crippen molar-refractivity contribution in [3.8, 4) is 0 Å². The van der Waals surface area contributed by atoms with Gasteiger partial charge in [0.05, 0.1) is 6.33 Å². The van der Waals surface area contributed by atoms with Gasteiger partial charge in [-0.15, -0.1) is 0 Å². The average Bonchev–Trinajstić information content (AvgIpc) is 3.01. The van der Waals surface area contributed by atoms with Crippen molar-refractivity contribution < 1.29 is 0 Å². The summed E-state index contributed by atoms with van der Waals surface area (Å²) in [6.45, 7) is 6.83. The van der Waals surface area contributed by atoms with E-state index >= 15 is 0 Å². The number of piperidine rings is 1. The van der Waals surface area contributed by atoms with Crippen molar-refractivity contribution in [3.63, 3.8) is 0 Å². The van der Waals surface area contributed by atoms with Crippen molar-refractivity contribution >= 4 is 6.08 Å². The summed E-state index contributed by atoms with van der Waals surface area (Å²) < 4.78 is 2.21. The number of imidazole rings is 1. The van der Waals surface area contributed by atoms with Crippen LogP contribution in [-0.4, -0.2) is 34.1 Å². The molecule has 1 atom stereocenters. The first-order chi connectivity index (χ1) is 10.8. The number of likely N-dealkylation sites (tertiary alicyclic amines) is 1. The van der Waals surface area contributed by atoms with Gasteiger partial charge in [0.15, 0.2) is 0 Å². The minimum atomic E-state index is 0.743. The van der Waals surface area contributed by atoms with Crippen LogP contribution in [0.4, 0.5) is 0 Å². The fourth-order valence-corrected chi connectivity index (χ4v) is 3.37. The number of hydrogen-bond donors (Lipinski definition) is 0. The van der Waals surface area contributed by atoms with E-state index in [0.29, 0.717) is 0 Å². The smallest absolute Gasteiger partial charge is 0.0946 e. The van der Waals surface area contributed by atoms with E-state index in [4.69, 9.17) is 0 Å². The topological polar surface area (TPSA) is 21.1 Å². The third-order valence-electron chi connectivity index (χ3n) is 4.32. The molecule has 1 aromatic heterocycles. The molecule has 116 valence electrons. The minimum absolute atomic E-state index is 0.743. The quantitative estimate of drug-likeness (QED) is 0.838. The lowest BCUT2D eigenvalue weighted by atomic mass is 9.97. The van der Waals surface area contributed by atoms with Crippen molar-refractivity contribution in [2.75, 3.05) is 19.6 Å². The van der Waals surface area contributed by atoms with E-state index in [9.17, 15) is 0 Å². The van der Waals surface area contributed by atoms with Gasteiger partial charge in [0.25, 0.3) is 0 Å². The summed E-state index contributed by atoms with van der Waals surface area (Å²) in [6.07, 6.45) is 10.8. The molecule has 22 heavy (non-hydrogen) atoms. The van der Waals surface area contributed by atoms with Gasteiger partial charge in [-0.3, -0.25) is 4.90 Å². The fourth-order valence-electron chi connectivity index (χ4n) is 3.37. The van der Waals surface area contributed by atoms with E-state index in [1.54, 1.807) is 0 Å². The molecule has 0 N–H and O–H groups in total. The van der Waals surface area contributed by atoms with Gasteiger partial charge in [-0.25, -0.2) is 4.98 Å². The Morgan fingerprint density at radius 2 is 2.18 bits per heavy atom. The van der Waals surface area contributed by atoms with E-state index in [2.05, 4.69) is 64.0 Å². The lowest BCUT2D eigenvalue weighted by Crippen LogP contribution is -2.37. The van der Waals surface area contributed by atoms with Gasteiger partial charge in [-0.05, 0) is 37.8 Å². The van der Waals surface area contributed by atoms with Crippen LogP contribution < -0.4 is 0 Å². The second kappa shape index (κ2) is 7.41. The molecule has 0 amide bonds. The van der Waals surface area contributed by atoms with E-state index in [0.717, 1.165) is 19.0 Å². The SMILES string of the molecule is C/C(=C\c1ccccc1)CN1CCC[C@H](Cn2ccnc2)C1. The van der Waals surface area contributed by atoms with Crippen LogP contribution in [0.15, 0.2) is 54.6 Å². The summed E-state index contributed by atoms with van der Waals surface area (Å²) >= 11 is 0. The zero-order valence-electron chi connectivity index (χ0n) is 13.4. The van der Waals surface area contributed by atoms with E-state index < -0.39 is 0 Å². The minimum Gasteiger partial charge on any atom is -0.337 e. The Hall–Kier alpha value is -1.87. The molecule has 3 rings (SSSR count). The van der Waals surface area contributed by atoms with Gasteiger partial charge >= 0.3 is 0 Å². The molecule has 3 heteroatoms. The summed E-state index contributed by atoms with van der Waals surface area (Å²) in [5.74, 6) is 0.743. The van der Waals surface area contributed by atoms with E-state index in [1.807, 2.05) is 12.5 Å². The second-order valence-electron chi connectivity index (χ2n) is 6.40. The summed E-state index contributed by atoms with van der Waals surface area (Å²) in [4.78, 5) is 6.74. The number of nitrogens with zero attached hydrogens (tertiary/aromatic N) is 3. The highest BCUT2D eigenvalue weighted by molar-refractivity contribution is 5.52. The number of benzene rings is 1. The number of hydrogen-bond acceptors (Lipinski definition) is 2. The Kier molecular flexibility index (Phi) is 5.07. The van der Waals surface area contributed by atoms with Gasteiger partial charge in [-0.1, -0.05) is 42.0 Å². The first-order valence-corrected chi connectivity index (χ1v) is 8.20. The van der Waals surface area contributed by atoms with Crippen LogP contribution >= 0.6 is 0 Å². The number of rotatable bonds is 5. The van der Waals surface area contributed by atoms with Crippen LogP contribution in [0.2, 0.25) is 0 Å². The largest absolute Gasteiger partial charge is 0.337 e. The third-order valence-corrected chi connectivity index (χ3v) is 4.32. The van der Waals surface area contributed by atoms with Gasteiger partial charge in [0.2, 0.25) is 0 Å². The molecule has 0 aliphatic carbocycles. The zero-order chi connectivity index (χ0) is 15.2. The van der Waals surface area contributed by atoms with Crippen LogP contribution in [0.3, 0.4) is 0 Å². The molecule has 0 saturated carbocycles. The van der Waals surface area contributed by atoms with Crippen LogP contribution in [-0.2, 0) is 6.54 Å². The molecular weight excluding hydrogens is 270 g/mol. The summed E-state index contributed by atoms with van der Waals surface area (Å²) in [6, 6.07) is 10.6. The zero-order valence-corrected chi connectivity index (χ0v) is 13.4. The monoisotopic (exact) mass is 295 g/mol. The van der Waals surface area contributed by atoms with Crippen LogP contribution in [0.25, 0.3) is 6.08 Å². The lowest BCUT2D eigenvalue weighted by molar-refractivity contribution is 0.174. The van der Waals surface area contributed by atoms with Gasteiger partial charge in [-0.2, -0.15) is 0 Å². The van der Waals surface area contributed by atoms with Crippen LogP contribution in [0, 0.1) is 5.92 Å². The molecule has 3 nitrogen and oxygen atoms in total. The Labute approximate surface area is 133 Å². The molecule has 1 aliphatic rings. The van der Waals surface area contributed by atoms with Crippen LogP contribution in [0.5, 0.6) is 0 Å². The normalized spacial score (nSPS) is 20.2. The van der Waals surface area contributed by atoms with Crippen molar-refractivity contribution in [1.82, 2.24) is 14.5 Å². The predicted molar refractivity (Wildman–Crippen MR) is 91.5 cm³/mol. The molecular formula is C19H25N3. The molecule has 1 saturated heterocycles. The molecule has 1 aliphatic heterocycles. The Bertz CT molecular complexity index is 586. The van der Waals surface area contributed by atoms with E-state index in [-0.39, 0.29) is 0 Å². The molecule has 0 unspecified atom stereocenters. The van der Waals surface area contributed by atoms with Crippen LogP contribution in [0.1, 0.15) is 25.3 Å². The predicted octanol–water partition coefficient (Wildman–Crippen LogP) is 3.70. The highest BCUT2D eigenvalue weighted by Gasteiger charge is 2.20. The molecule has 1 aromatic carbocycles. The maximum absolute atomic E-state index is 4.14. The molecule has 0 spiro atoms. The molecule has 2 heterocycles. The molecule has 0 bridgehead atoms. The highest BCUT2D eigenvalue weighted by atomic mass is 15.1. The second-order valence-corrected chi connectivity index (χ2v) is 6.40. The van der Waals surface area contributed by atoms with Crippen molar-refractivity contribution in [3.05, 3.63) is 60.2 Å². The lowest BCUT2D eigenvalue weighted by Gasteiger charge is -2.33. The first kappa shape index (κ1) is 15.0. The summed E-state index contributed by atoms with van der Waals surface area (Å²) in [5, 5.41) is 0. The van der Waals surface area contributed by atoms with Gasteiger partial charge in [0, 0.05) is 32.0 Å².